The van der Waals surface area contributed by atoms with Gasteiger partial charge in [0, 0.05) is 37.6 Å². The number of aromatic hydroxyl groups is 2. The predicted molar refractivity (Wildman–Crippen MR) is 310 cm³/mol. The first kappa shape index (κ1) is 70.0. The summed E-state index contributed by atoms with van der Waals surface area (Å²) in [5.74, 6) is -13.8. The lowest BCUT2D eigenvalue weighted by Gasteiger charge is -2.30. The third-order valence-electron chi connectivity index (χ3n) is 13.9. The Balaban J connectivity index is 1.59. The van der Waals surface area contributed by atoms with E-state index in [1.165, 1.54) is 61.1 Å². The fraction of sp³-hybridized carbons (Fsp3) is 0.448. The van der Waals surface area contributed by atoms with Gasteiger partial charge in [0.25, 0.3) is 0 Å². The number of aromatic nitrogens is 2. The van der Waals surface area contributed by atoms with Gasteiger partial charge < -0.3 is 89.2 Å². The van der Waals surface area contributed by atoms with E-state index in [0.717, 1.165) is 13.8 Å². The maximum atomic E-state index is 14.4. The molecule has 0 aliphatic carbocycles. The molecule has 4 rings (SSSR count). The van der Waals surface area contributed by atoms with E-state index in [4.69, 9.17) is 5.73 Å². The number of nitrogens with one attached hydrogen (secondary N) is 10. The summed E-state index contributed by atoms with van der Waals surface area (Å²) in [6.07, 6.45) is -2.52. The van der Waals surface area contributed by atoms with Gasteiger partial charge in [-0.05, 0) is 66.6 Å². The topological polar surface area (TPSA) is 472 Å². The molecule has 0 unspecified atom stereocenters. The molecule has 12 atom stereocenters. The number of carboxylic acid groups (broad SMARTS) is 2. The average molecular weight is 1220 g/mol. The number of phenolic OH excluding ortho intramolecular Hbond substituents is 2. The number of carboxylic acids is 2. The van der Waals surface area contributed by atoms with Crippen LogP contribution >= 0.6 is 0 Å². The monoisotopic (exact) mass is 1210 g/mol. The highest BCUT2D eigenvalue weighted by Gasteiger charge is 2.39. The highest BCUT2D eigenvalue weighted by Crippen LogP contribution is 2.17. The number of nitrogens with two attached hydrogens (primary N) is 1. The molecule has 0 saturated heterocycles. The molecular weight excluding hydrogens is 1140 g/mol. The summed E-state index contributed by atoms with van der Waals surface area (Å²) in [4.78, 5) is 156. The zero-order valence-electron chi connectivity index (χ0n) is 48.8. The minimum absolute atomic E-state index is 0.0756. The normalized spacial score (nSPS) is 15.3. The van der Waals surface area contributed by atoms with Crippen LogP contribution in [0.3, 0.4) is 0 Å². The quantitative estimate of drug-likeness (QED) is 0.0229. The predicted octanol–water partition coefficient (Wildman–Crippen LogP) is -2.56. The molecule has 0 aliphatic rings. The summed E-state index contributed by atoms with van der Waals surface area (Å²) in [6, 6.07) is 4.41. The van der Waals surface area contributed by atoms with E-state index in [1.54, 1.807) is 58.0 Å². The van der Waals surface area contributed by atoms with Crippen molar-refractivity contribution in [2.75, 3.05) is 6.54 Å². The van der Waals surface area contributed by atoms with Crippen LogP contribution in [0.1, 0.15) is 76.8 Å². The molecule has 0 aliphatic heterocycles. The number of phenols is 2. The highest BCUT2D eigenvalue weighted by molar-refractivity contribution is 5.99. The number of aromatic amines is 1. The van der Waals surface area contributed by atoms with Crippen LogP contribution in [0.4, 0.5) is 0 Å². The van der Waals surface area contributed by atoms with Crippen molar-refractivity contribution in [1.82, 2.24) is 57.8 Å². The summed E-state index contributed by atoms with van der Waals surface area (Å²) < 4.78 is 0. The van der Waals surface area contributed by atoms with Crippen molar-refractivity contribution < 1.29 is 83.4 Å². The van der Waals surface area contributed by atoms with Crippen LogP contribution in [-0.2, 0) is 78.4 Å². The molecule has 4 aromatic rings. The second-order valence-corrected chi connectivity index (χ2v) is 21.3. The molecular formula is C58H78N12O17. The Morgan fingerprint density at radius 3 is 1.29 bits per heavy atom. The number of hydrogen-bond donors (Lipinski definition) is 17. The van der Waals surface area contributed by atoms with Gasteiger partial charge in [-0.3, -0.25) is 47.9 Å². The summed E-state index contributed by atoms with van der Waals surface area (Å²) in [5.41, 5.74) is 7.15. The van der Waals surface area contributed by atoms with Crippen molar-refractivity contribution in [3.05, 3.63) is 114 Å². The molecule has 0 radical (unpaired) electrons. The van der Waals surface area contributed by atoms with Crippen LogP contribution in [-0.4, -0.2) is 179 Å². The Kier molecular flexibility index (Phi) is 27.3. The number of nitrogens with zero attached hydrogens (tertiary/aromatic N) is 1. The first-order valence-corrected chi connectivity index (χ1v) is 27.9. The largest absolute Gasteiger partial charge is 0.508 e. The van der Waals surface area contributed by atoms with E-state index >= 15 is 0 Å². The summed E-state index contributed by atoms with van der Waals surface area (Å²) >= 11 is 0. The van der Waals surface area contributed by atoms with Gasteiger partial charge in [0.2, 0.25) is 53.2 Å². The van der Waals surface area contributed by atoms with Crippen LogP contribution in [0.2, 0.25) is 0 Å². The number of imidazole rings is 1. The fourth-order valence-corrected chi connectivity index (χ4v) is 8.78. The maximum Gasteiger partial charge on any atom is 0.326 e. The van der Waals surface area contributed by atoms with Gasteiger partial charge in [-0.1, -0.05) is 88.7 Å². The third kappa shape index (κ3) is 22.5. The molecule has 0 spiro atoms. The van der Waals surface area contributed by atoms with Gasteiger partial charge in [0.15, 0.2) is 0 Å². The molecule has 18 N–H and O–H groups in total. The van der Waals surface area contributed by atoms with Crippen LogP contribution in [0, 0.1) is 11.8 Å². The molecule has 0 saturated carbocycles. The zero-order valence-corrected chi connectivity index (χ0v) is 48.8. The van der Waals surface area contributed by atoms with Crippen LogP contribution in [0.5, 0.6) is 11.5 Å². The van der Waals surface area contributed by atoms with Crippen molar-refractivity contribution >= 4 is 65.1 Å². The first-order chi connectivity index (χ1) is 41.1. The Labute approximate surface area is 500 Å². The molecule has 3 aromatic carbocycles. The standard InChI is InChI=1S/C58H78N12O17/c1-7-30(4)47(55(83)66-43(58(86)87)24-36-27-60-28-61-36)68-54(82)46(29(2)3)67-52(80)40(23-35-15-19-38(74)20-16-35)63-50(78)42(25-45(76)77)65-57(85)49(32(6)72)70-53(81)41(21-33-11-9-8-10-12-33)64-56(84)48(31(5)71)69-51(79)39(62-44(75)26-59)22-34-13-17-37(73)18-14-34/h8-20,27-32,39-43,46-49,71-74H,7,21-26,59H2,1-6H3,(H,60,61)(H,62,75)(H,63,78)(H,64,84)(H,65,85)(H,66,83)(H,67,80)(H,68,82)(H,69,79)(H,70,81)(H,76,77)(H,86,87)/t30-,31+,32+,39-,40-,41-,42-,43-,46-,47-,48-,49-/m0/s1. The number of aliphatic carboxylic acids is 2. The maximum absolute atomic E-state index is 14.4. The number of H-pyrrole nitrogens is 1. The second kappa shape index (κ2) is 33.9. The highest BCUT2D eigenvalue weighted by atomic mass is 16.4. The lowest BCUT2D eigenvalue weighted by atomic mass is 9.95. The lowest BCUT2D eigenvalue weighted by molar-refractivity contribution is -0.143. The van der Waals surface area contributed by atoms with Gasteiger partial charge in [-0.25, -0.2) is 9.78 Å². The number of aliphatic hydroxyl groups excluding tert-OH is 2. The van der Waals surface area contributed by atoms with Crippen molar-refractivity contribution in [3.8, 4) is 11.5 Å². The summed E-state index contributed by atoms with van der Waals surface area (Å²) in [5, 5.41) is 83.4. The summed E-state index contributed by atoms with van der Waals surface area (Å²) in [7, 11) is 0. The third-order valence-corrected chi connectivity index (χ3v) is 13.9. The van der Waals surface area contributed by atoms with Gasteiger partial charge >= 0.3 is 11.9 Å². The molecule has 1 aromatic heterocycles. The van der Waals surface area contributed by atoms with Crippen molar-refractivity contribution in [2.24, 2.45) is 17.6 Å². The Morgan fingerprint density at radius 1 is 0.483 bits per heavy atom. The van der Waals surface area contributed by atoms with E-state index in [1.807, 2.05) is 0 Å². The van der Waals surface area contributed by atoms with Crippen LogP contribution < -0.4 is 53.6 Å². The smallest absolute Gasteiger partial charge is 0.326 e. The van der Waals surface area contributed by atoms with Gasteiger partial charge in [0.05, 0.1) is 31.5 Å². The second-order valence-electron chi connectivity index (χ2n) is 21.3. The number of carbonyl (C=O) groups excluding carboxylic acids is 9. The lowest BCUT2D eigenvalue weighted by Crippen LogP contribution is -2.63. The molecule has 87 heavy (non-hydrogen) atoms. The van der Waals surface area contributed by atoms with Crippen molar-refractivity contribution in [2.45, 2.75) is 147 Å². The average Bonchev–Trinajstić information content (AvgIpc) is 4.17. The number of benzene rings is 3. The Hall–Kier alpha value is -9.48. The SMILES string of the molecule is CC[C@H](C)[C@H](NC(=O)[C@@H](NC(=O)[C@H](Cc1ccc(O)cc1)NC(=O)[C@H](CC(=O)O)NC(=O)[C@@H](NC(=O)[C@H](Cc1ccccc1)NC(=O)[C@@H](NC(=O)[C@H](Cc1ccc(O)cc1)NC(=O)CN)[C@@H](C)O)[C@@H](C)O)C(C)C)C(=O)N[C@@H](Cc1cnc[nH]1)C(=O)O. The van der Waals surface area contributed by atoms with Gasteiger partial charge in [-0.15, -0.1) is 0 Å². The van der Waals surface area contributed by atoms with Gasteiger partial charge in [0.1, 0.15) is 65.9 Å². The van der Waals surface area contributed by atoms with E-state index in [0.29, 0.717) is 28.8 Å². The van der Waals surface area contributed by atoms with E-state index in [9.17, 15) is 83.4 Å². The number of aliphatic hydroxyl groups is 2. The minimum atomic E-state index is -2.05. The fourth-order valence-electron chi connectivity index (χ4n) is 8.78. The van der Waals surface area contributed by atoms with Crippen molar-refractivity contribution in [1.29, 1.82) is 0 Å². The van der Waals surface area contributed by atoms with E-state index < -0.39 is 156 Å². The Bertz CT molecular complexity index is 2980. The molecule has 472 valence electrons. The molecule has 1 heterocycles. The minimum Gasteiger partial charge on any atom is -0.508 e. The summed E-state index contributed by atoms with van der Waals surface area (Å²) in [6.45, 7) is 8.22. The number of carbonyl (C=O) groups is 11. The van der Waals surface area contributed by atoms with Crippen LogP contribution in [0.25, 0.3) is 0 Å². The molecule has 0 bridgehead atoms. The Morgan fingerprint density at radius 2 is 0.874 bits per heavy atom. The van der Waals surface area contributed by atoms with E-state index in [-0.39, 0.29) is 37.2 Å². The van der Waals surface area contributed by atoms with Crippen LogP contribution in [0.15, 0.2) is 91.4 Å². The number of amides is 9. The number of rotatable bonds is 34. The molecule has 29 heteroatoms. The molecule has 29 nitrogen and oxygen atoms in total. The molecule has 9 amide bonds. The van der Waals surface area contributed by atoms with Crippen molar-refractivity contribution in [3.63, 3.8) is 0 Å². The zero-order chi connectivity index (χ0) is 64.7. The number of hydrogen-bond acceptors (Lipinski definition) is 17. The van der Waals surface area contributed by atoms with E-state index in [2.05, 4.69) is 57.8 Å². The van der Waals surface area contributed by atoms with Gasteiger partial charge in [-0.2, -0.15) is 0 Å². The first-order valence-electron chi connectivity index (χ1n) is 27.9. The molecule has 0 fully saturated rings.